The normalized spacial score (nSPS) is 10.2. The van der Waals surface area contributed by atoms with E-state index >= 15 is 0 Å². The topological polar surface area (TPSA) is 46.3 Å². The van der Waals surface area contributed by atoms with Gasteiger partial charge in [0.15, 0.2) is 0 Å². The Labute approximate surface area is 101 Å². The number of anilines is 1. The minimum absolute atomic E-state index is 0.0451. The first kappa shape index (κ1) is 12.6. The van der Waals surface area contributed by atoms with Crippen molar-refractivity contribution >= 4 is 28.8 Å². The average Bonchev–Trinajstić information content (AvgIpc) is 2.26. The number of hydrogen-bond acceptors (Lipinski definition) is 2. The second-order valence-electron chi connectivity index (χ2n) is 3.93. The molecule has 0 radical (unpaired) electrons. The molecule has 0 atom stereocenters. The highest BCUT2D eigenvalue weighted by atomic mass is 32.1. The van der Waals surface area contributed by atoms with E-state index in [9.17, 15) is 4.79 Å². The van der Waals surface area contributed by atoms with E-state index in [0.29, 0.717) is 4.99 Å². The monoisotopic (exact) mass is 236 g/mol. The van der Waals surface area contributed by atoms with E-state index in [-0.39, 0.29) is 11.8 Å². The molecule has 3 nitrogen and oxygen atoms in total. The summed E-state index contributed by atoms with van der Waals surface area (Å²) in [5.74, 6) is -0.00639. The number of rotatable bonds is 3. The molecule has 4 heteroatoms. The SMILES string of the molecule is CC(C)C(=O)N(C)c1ccccc1C(N)=S. The molecular weight excluding hydrogens is 220 g/mol. The van der Waals surface area contributed by atoms with Crippen LogP contribution >= 0.6 is 12.2 Å². The maximum Gasteiger partial charge on any atom is 0.229 e. The van der Waals surface area contributed by atoms with Crippen molar-refractivity contribution < 1.29 is 4.79 Å². The molecule has 1 aromatic carbocycles. The molecule has 0 spiro atoms. The molecule has 86 valence electrons. The van der Waals surface area contributed by atoms with Crippen molar-refractivity contribution in [2.24, 2.45) is 11.7 Å². The molecule has 0 aliphatic heterocycles. The van der Waals surface area contributed by atoms with E-state index in [1.54, 1.807) is 11.9 Å². The first-order valence-corrected chi connectivity index (χ1v) is 5.52. The second-order valence-corrected chi connectivity index (χ2v) is 4.37. The zero-order chi connectivity index (χ0) is 12.3. The summed E-state index contributed by atoms with van der Waals surface area (Å²) in [5, 5.41) is 0. The smallest absolute Gasteiger partial charge is 0.229 e. The largest absolute Gasteiger partial charge is 0.389 e. The van der Waals surface area contributed by atoms with Gasteiger partial charge in [-0.15, -0.1) is 0 Å². The number of thiocarbonyl (C=S) groups is 1. The molecule has 0 saturated heterocycles. The Morgan fingerprint density at radius 1 is 1.38 bits per heavy atom. The molecule has 0 aromatic heterocycles. The number of nitrogens with zero attached hydrogens (tertiary/aromatic N) is 1. The van der Waals surface area contributed by atoms with Crippen molar-refractivity contribution in [1.82, 2.24) is 0 Å². The molecule has 0 aliphatic carbocycles. The number of hydrogen-bond donors (Lipinski definition) is 1. The van der Waals surface area contributed by atoms with Crippen LogP contribution in [0.1, 0.15) is 19.4 Å². The highest BCUT2D eigenvalue weighted by Gasteiger charge is 2.17. The molecule has 1 rings (SSSR count). The molecular formula is C12H16N2OS. The number of nitrogens with two attached hydrogens (primary N) is 1. The average molecular weight is 236 g/mol. The summed E-state index contributed by atoms with van der Waals surface area (Å²) in [5.41, 5.74) is 7.11. The van der Waals surface area contributed by atoms with Gasteiger partial charge >= 0.3 is 0 Å². The molecule has 0 aliphatic rings. The van der Waals surface area contributed by atoms with Gasteiger partial charge in [0, 0.05) is 18.5 Å². The first-order valence-electron chi connectivity index (χ1n) is 5.11. The lowest BCUT2D eigenvalue weighted by molar-refractivity contribution is -0.121. The summed E-state index contributed by atoms with van der Waals surface area (Å²) >= 11 is 4.96. The maximum absolute atomic E-state index is 11.9. The molecule has 0 bridgehead atoms. The molecule has 16 heavy (non-hydrogen) atoms. The van der Waals surface area contributed by atoms with E-state index < -0.39 is 0 Å². The highest BCUT2D eigenvalue weighted by molar-refractivity contribution is 7.80. The van der Waals surface area contributed by atoms with Crippen molar-refractivity contribution in [3.05, 3.63) is 29.8 Å². The zero-order valence-electron chi connectivity index (χ0n) is 9.73. The van der Waals surface area contributed by atoms with Gasteiger partial charge in [0.1, 0.15) is 4.99 Å². The van der Waals surface area contributed by atoms with Crippen molar-refractivity contribution in [3.8, 4) is 0 Å². The fourth-order valence-electron chi connectivity index (χ4n) is 1.48. The van der Waals surface area contributed by atoms with Gasteiger partial charge in [0.05, 0.1) is 5.69 Å². The van der Waals surface area contributed by atoms with Crippen molar-refractivity contribution in [2.45, 2.75) is 13.8 Å². The summed E-state index contributed by atoms with van der Waals surface area (Å²) in [7, 11) is 1.74. The van der Waals surface area contributed by atoms with Gasteiger partial charge in [-0.3, -0.25) is 4.79 Å². The first-order chi connectivity index (χ1) is 7.45. The van der Waals surface area contributed by atoms with Crippen molar-refractivity contribution in [2.75, 3.05) is 11.9 Å². The Hall–Kier alpha value is -1.42. The second kappa shape index (κ2) is 5.07. The lowest BCUT2D eigenvalue weighted by Crippen LogP contribution is -2.32. The predicted molar refractivity (Wildman–Crippen MR) is 70.6 cm³/mol. The van der Waals surface area contributed by atoms with E-state index in [4.69, 9.17) is 18.0 Å². The fraction of sp³-hybridized carbons (Fsp3) is 0.333. The lowest BCUT2D eigenvalue weighted by Gasteiger charge is -2.22. The van der Waals surface area contributed by atoms with Crippen molar-refractivity contribution in [3.63, 3.8) is 0 Å². The molecule has 1 amide bonds. The Bertz CT molecular complexity index is 415. The Morgan fingerprint density at radius 3 is 2.44 bits per heavy atom. The maximum atomic E-state index is 11.9. The van der Waals surface area contributed by atoms with Gasteiger partial charge in [0.2, 0.25) is 5.91 Å². The van der Waals surface area contributed by atoms with E-state index in [1.807, 2.05) is 38.1 Å². The molecule has 1 aromatic rings. The standard InChI is InChI=1S/C12H16N2OS/c1-8(2)12(15)14(3)10-7-5-4-6-9(10)11(13)16/h4-8H,1-3H3,(H2,13,16). The third-order valence-electron chi connectivity index (χ3n) is 2.36. The number of para-hydroxylation sites is 1. The van der Waals surface area contributed by atoms with Crippen LogP contribution in [0.5, 0.6) is 0 Å². The third kappa shape index (κ3) is 2.58. The molecule has 0 fully saturated rings. The van der Waals surface area contributed by atoms with Crippen LogP contribution < -0.4 is 10.6 Å². The van der Waals surface area contributed by atoms with Crippen LogP contribution in [0.15, 0.2) is 24.3 Å². The summed E-state index contributed by atoms with van der Waals surface area (Å²) in [6, 6.07) is 7.38. The summed E-state index contributed by atoms with van der Waals surface area (Å²) < 4.78 is 0. The van der Waals surface area contributed by atoms with Gasteiger partial charge in [-0.1, -0.05) is 38.2 Å². The summed E-state index contributed by atoms with van der Waals surface area (Å²) in [6.45, 7) is 3.73. The van der Waals surface area contributed by atoms with Crippen LogP contribution in [0.4, 0.5) is 5.69 Å². The van der Waals surface area contributed by atoms with E-state index in [1.165, 1.54) is 0 Å². The number of benzene rings is 1. The van der Waals surface area contributed by atoms with Crippen LogP contribution in [0, 0.1) is 5.92 Å². The van der Waals surface area contributed by atoms with Gasteiger partial charge in [-0.2, -0.15) is 0 Å². The minimum Gasteiger partial charge on any atom is -0.389 e. The summed E-state index contributed by atoms with van der Waals surface area (Å²) in [6.07, 6.45) is 0. The Kier molecular flexibility index (Phi) is 4.01. The minimum atomic E-state index is -0.0515. The molecule has 0 unspecified atom stereocenters. The van der Waals surface area contributed by atoms with Crippen LogP contribution in [0.2, 0.25) is 0 Å². The summed E-state index contributed by atoms with van der Waals surface area (Å²) in [4.78, 5) is 13.8. The number of carbonyl (C=O) groups excluding carboxylic acids is 1. The van der Waals surface area contributed by atoms with Gasteiger partial charge < -0.3 is 10.6 Å². The van der Waals surface area contributed by atoms with Crippen LogP contribution in [0.25, 0.3) is 0 Å². The third-order valence-corrected chi connectivity index (χ3v) is 2.58. The van der Waals surface area contributed by atoms with Gasteiger partial charge in [-0.25, -0.2) is 0 Å². The Balaban J connectivity index is 3.13. The lowest BCUT2D eigenvalue weighted by atomic mass is 10.1. The molecule has 0 heterocycles. The zero-order valence-corrected chi connectivity index (χ0v) is 10.5. The molecule has 0 saturated carbocycles. The van der Waals surface area contributed by atoms with Gasteiger partial charge in [-0.05, 0) is 12.1 Å². The van der Waals surface area contributed by atoms with E-state index in [2.05, 4.69) is 0 Å². The van der Waals surface area contributed by atoms with Crippen LogP contribution in [-0.4, -0.2) is 17.9 Å². The fourth-order valence-corrected chi connectivity index (χ4v) is 1.65. The van der Waals surface area contributed by atoms with Crippen LogP contribution in [-0.2, 0) is 4.79 Å². The number of amides is 1. The quantitative estimate of drug-likeness (QED) is 0.816. The van der Waals surface area contributed by atoms with Crippen LogP contribution in [0.3, 0.4) is 0 Å². The van der Waals surface area contributed by atoms with Gasteiger partial charge in [0.25, 0.3) is 0 Å². The Morgan fingerprint density at radius 2 is 1.94 bits per heavy atom. The number of carbonyl (C=O) groups is 1. The van der Waals surface area contributed by atoms with E-state index in [0.717, 1.165) is 11.3 Å². The molecule has 2 N–H and O–H groups in total. The van der Waals surface area contributed by atoms with Crippen molar-refractivity contribution in [1.29, 1.82) is 0 Å². The predicted octanol–water partition coefficient (Wildman–Crippen LogP) is 1.94. The highest BCUT2D eigenvalue weighted by Crippen LogP contribution is 2.20.